The van der Waals surface area contributed by atoms with E-state index in [1.54, 1.807) is 24.5 Å². The summed E-state index contributed by atoms with van der Waals surface area (Å²) in [6.07, 6.45) is 5.04. The van der Waals surface area contributed by atoms with Crippen molar-refractivity contribution >= 4 is 23.0 Å². The average molecular weight is 522 g/mol. The second-order valence-electron chi connectivity index (χ2n) is 9.66. The van der Waals surface area contributed by atoms with Crippen LogP contribution in [0.25, 0.3) is 33.6 Å². The van der Waals surface area contributed by atoms with Crippen LogP contribution in [0.5, 0.6) is 0 Å². The maximum Gasteiger partial charge on any atom is 0.342 e. The third-order valence-electron chi connectivity index (χ3n) is 7.11. The molecule has 0 atom stereocenters. The van der Waals surface area contributed by atoms with Gasteiger partial charge in [0.05, 0.1) is 23.7 Å². The lowest BCUT2D eigenvalue weighted by Crippen LogP contribution is -2.35. The van der Waals surface area contributed by atoms with Gasteiger partial charge in [0.15, 0.2) is 5.76 Å². The molecule has 39 heavy (non-hydrogen) atoms. The molecule has 194 valence electrons. The summed E-state index contributed by atoms with van der Waals surface area (Å²) in [5.74, 6) is -0.941. The van der Waals surface area contributed by atoms with Crippen molar-refractivity contribution in [2.45, 2.75) is 25.3 Å². The smallest absolute Gasteiger partial charge is 0.342 e. The van der Waals surface area contributed by atoms with Gasteiger partial charge in [0.1, 0.15) is 11.4 Å². The summed E-state index contributed by atoms with van der Waals surface area (Å²) in [6.45, 7) is 1.94. The van der Waals surface area contributed by atoms with E-state index in [0.29, 0.717) is 22.1 Å². The molecule has 8 heteroatoms. The molecule has 0 saturated heterocycles. The number of benzene rings is 2. The highest BCUT2D eigenvalue weighted by Gasteiger charge is 2.47. The van der Waals surface area contributed by atoms with E-state index in [9.17, 15) is 14.0 Å². The van der Waals surface area contributed by atoms with Crippen LogP contribution in [-0.4, -0.2) is 29.0 Å². The maximum absolute atomic E-state index is 13.5. The molecule has 0 aliphatic heterocycles. The number of carbonyl (C=O) groups excluding carboxylic acids is 2. The fourth-order valence-corrected chi connectivity index (χ4v) is 4.82. The first kappa shape index (κ1) is 24.5. The number of pyridine rings is 2. The number of aromatic nitrogens is 2. The van der Waals surface area contributed by atoms with Crippen molar-refractivity contribution in [2.75, 3.05) is 7.11 Å². The fraction of sp³-hybridized carbons (Fsp3) is 0.161. The van der Waals surface area contributed by atoms with Gasteiger partial charge in [0.2, 0.25) is 5.71 Å². The number of halogens is 1. The average Bonchev–Trinajstić information content (AvgIpc) is 3.65. The minimum Gasteiger partial charge on any atom is -0.465 e. The number of nitrogens with one attached hydrogen (secondary N) is 1. The van der Waals surface area contributed by atoms with Crippen molar-refractivity contribution in [1.29, 1.82) is 0 Å². The molecule has 1 aliphatic rings. The van der Waals surface area contributed by atoms with Gasteiger partial charge in [-0.2, -0.15) is 0 Å². The van der Waals surface area contributed by atoms with Crippen molar-refractivity contribution in [3.05, 3.63) is 107 Å². The molecule has 5 aromatic rings. The van der Waals surface area contributed by atoms with Gasteiger partial charge < -0.3 is 14.5 Å². The summed E-state index contributed by atoms with van der Waals surface area (Å²) in [6, 6.07) is 18.6. The molecule has 0 radical (unpaired) electrons. The van der Waals surface area contributed by atoms with Crippen molar-refractivity contribution in [3.8, 4) is 22.5 Å². The Morgan fingerprint density at radius 3 is 2.49 bits per heavy atom. The van der Waals surface area contributed by atoms with Crippen molar-refractivity contribution < 1.29 is 23.1 Å². The summed E-state index contributed by atoms with van der Waals surface area (Å²) in [4.78, 5) is 35.0. The molecule has 1 amide bonds. The number of furan rings is 1. The normalized spacial score (nSPS) is 13.7. The highest BCUT2D eigenvalue weighted by molar-refractivity contribution is 6.09. The predicted molar refractivity (Wildman–Crippen MR) is 144 cm³/mol. The molecule has 0 spiro atoms. The van der Waals surface area contributed by atoms with Crippen LogP contribution in [0.2, 0.25) is 0 Å². The predicted octanol–water partition coefficient (Wildman–Crippen LogP) is 6.21. The molecular weight excluding hydrogens is 497 g/mol. The van der Waals surface area contributed by atoms with Crippen LogP contribution in [0.1, 0.15) is 44.8 Å². The van der Waals surface area contributed by atoms with Crippen LogP contribution in [0, 0.1) is 12.7 Å². The molecule has 1 fully saturated rings. The monoisotopic (exact) mass is 521 g/mol. The summed E-state index contributed by atoms with van der Waals surface area (Å²) in [7, 11) is 1.29. The number of hydrogen-bond donors (Lipinski definition) is 1. The third-order valence-corrected chi connectivity index (χ3v) is 7.11. The van der Waals surface area contributed by atoms with Gasteiger partial charge in [0.25, 0.3) is 5.91 Å². The first-order valence-electron chi connectivity index (χ1n) is 12.5. The molecule has 6 rings (SSSR count). The highest BCUT2D eigenvalue weighted by atomic mass is 19.1. The molecule has 1 saturated carbocycles. The van der Waals surface area contributed by atoms with Crippen LogP contribution in [0.4, 0.5) is 4.39 Å². The topological polar surface area (TPSA) is 94.3 Å². The Kier molecular flexibility index (Phi) is 5.95. The van der Waals surface area contributed by atoms with Gasteiger partial charge in [-0.3, -0.25) is 9.78 Å². The number of carbonyl (C=O) groups is 2. The van der Waals surface area contributed by atoms with Gasteiger partial charge in [-0.25, -0.2) is 14.2 Å². The molecule has 2 aromatic carbocycles. The standard InChI is InChI=1S/C31H24FN3O4/c1-18-6-7-20(28(36)35-31(12-13-31)25-5-3-4-14-33-25)15-23(18)21-16-24-26(30(37)38-2)27(39-29(24)34-17-21)19-8-10-22(32)11-9-19/h3-11,14-17H,12-13H2,1-2H3,(H,35,36). The van der Waals surface area contributed by atoms with Crippen LogP contribution >= 0.6 is 0 Å². The van der Waals surface area contributed by atoms with Gasteiger partial charge in [0, 0.05) is 29.1 Å². The zero-order valence-electron chi connectivity index (χ0n) is 21.3. The molecule has 0 unspecified atom stereocenters. The second-order valence-corrected chi connectivity index (χ2v) is 9.66. The number of rotatable bonds is 6. The van der Waals surface area contributed by atoms with E-state index in [1.807, 2.05) is 37.3 Å². The van der Waals surface area contributed by atoms with Crippen molar-refractivity contribution in [3.63, 3.8) is 0 Å². The van der Waals surface area contributed by atoms with Crippen LogP contribution in [0.3, 0.4) is 0 Å². The van der Waals surface area contributed by atoms with E-state index in [2.05, 4.69) is 15.3 Å². The number of aryl methyl sites for hydroxylation is 1. The summed E-state index contributed by atoms with van der Waals surface area (Å²) < 4.78 is 24.5. The Labute approximate surface area is 223 Å². The largest absolute Gasteiger partial charge is 0.465 e. The van der Waals surface area contributed by atoms with Gasteiger partial charge >= 0.3 is 5.97 Å². The molecule has 3 heterocycles. The number of esters is 1. The quantitative estimate of drug-likeness (QED) is 0.267. The fourth-order valence-electron chi connectivity index (χ4n) is 4.82. The first-order chi connectivity index (χ1) is 18.9. The molecule has 3 aromatic heterocycles. The number of ether oxygens (including phenoxy) is 1. The minimum atomic E-state index is -0.596. The minimum absolute atomic E-state index is 0.189. The van der Waals surface area contributed by atoms with E-state index in [-0.39, 0.29) is 22.9 Å². The van der Waals surface area contributed by atoms with Crippen LogP contribution < -0.4 is 5.32 Å². The Hall–Kier alpha value is -4.85. The lowest BCUT2D eigenvalue weighted by Gasteiger charge is -2.17. The second kappa shape index (κ2) is 9.47. The summed E-state index contributed by atoms with van der Waals surface area (Å²) >= 11 is 0. The third kappa shape index (κ3) is 4.44. The molecule has 7 nitrogen and oxygen atoms in total. The lowest BCUT2D eigenvalue weighted by molar-refractivity contribution is 0.0603. The highest BCUT2D eigenvalue weighted by Crippen LogP contribution is 2.44. The van der Waals surface area contributed by atoms with Crippen molar-refractivity contribution in [1.82, 2.24) is 15.3 Å². The van der Waals surface area contributed by atoms with E-state index < -0.39 is 17.3 Å². The molecule has 0 bridgehead atoms. The Balaban J connectivity index is 1.39. The van der Waals surface area contributed by atoms with Gasteiger partial charge in [-0.1, -0.05) is 12.1 Å². The molecule has 1 N–H and O–H groups in total. The molecular formula is C31H24FN3O4. The number of fused-ring (bicyclic) bond motifs is 1. The van der Waals surface area contributed by atoms with E-state index in [4.69, 9.17) is 9.15 Å². The Morgan fingerprint density at radius 2 is 1.79 bits per heavy atom. The van der Waals surface area contributed by atoms with Gasteiger partial charge in [-0.05, 0) is 85.5 Å². The number of hydrogen-bond acceptors (Lipinski definition) is 6. The number of amides is 1. The van der Waals surface area contributed by atoms with Crippen LogP contribution in [0.15, 0.2) is 83.5 Å². The van der Waals surface area contributed by atoms with Gasteiger partial charge in [-0.15, -0.1) is 0 Å². The zero-order chi connectivity index (χ0) is 27.1. The number of nitrogens with zero attached hydrogens (tertiary/aromatic N) is 2. The number of methoxy groups -OCH3 is 1. The first-order valence-corrected chi connectivity index (χ1v) is 12.5. The van der Waals surface area contributed by atoms with E-state index in [0.717, 1.165) is 29.7 Å². The Bertz CT molecular complexity index is 1720. The van der Waals surface area contributed by atoms with E-state index >= 15 is 0 Å². The summed E-state index contributed by atoms with van der Waals surface area (Å²) in [5.41, 5.74) is 4.32. The Morgan fingerprint density at radius 1 is 1.00 bits per heavy atom. The SMILES string of the molecule is COC(=O)c1c(-c2ccc(F)cc2)oc2ncc(-c3cc(C(=O)NC4(c5ccccn5)CC4)ccc3C)cc12. The maximum atomic E-state index is 13.5. The lowest BCUT2D eigenvalue weighted by atomic mass is 9.97. The van der Waals surface area contributed by atoms with E-state index in [1.165, 1.54) is 31.4 Å². The molecule has 1 aliphatic carbocycles. The van der Waals surface area contributed by atoms with Crippen LogP contribution in [-0.2, 0) is 10.3 Å². The summed E-state index contributed by atoms with van der Waals surface area (Å²) in [5, 5.41) is 3.62. The van der Waals surface area contributed by atoms with Crippen molar-refractivity contribution in [2.24, 2.45) is 0 Å². The zero-order valence-corrected chi connectivity index (χ0v) is 21.3.